The second-order valence-corrected chi connectivity index (χ2v) is 11.3. The predicted octanol–water partition coefficient (Wildman–Crippen LogP) is 0.101. The van der Waals surface area contributed by atoms with Crippen LogP contribution in [0.5, 0.6) is 11.5 Å². The molecule has 2 atom stereocenters. The van der Waals surface area contributed by atoms with Crippen LogP contribution in [-0.2, 0) is 9.59 Å². The number of hydrogen-bond donors (Lipinski definition) is 10. The molecule has 14 nitrogen and oxygen atoms in total. The van der Waals surface area contributed by atoms with Crippen molar-refractivity contribution >= 4 is 34.8 Å². The number of ketones is 2. The number of nitrogens with one attached hydrogen (secondary N) is 2. The molecule has 0 spiro atoms. The standard InChI is InChI=1S/C30H44N8O6/c31-13-3-1-9-29(35,27(33)43)11-15-37-17-5-6-18(38-16-12-30(36,28(34)44)10-2-4-14-32)22-21(17)25(41)23-19(39)7-8-20(40)24(23)26(22)42/h5-8,37-40H,1-4,9-16,31-32,35-36H2,(H2,33,43)(H2,34,44). The molecule has 3 rings (SSSR count). The van der Waals surface area contributed by atoms with Gasteiger partial charge in [-0.1, -0.05) is 0 Å². The molecule has 16 N–H and O–H groups in total. The van der Waals surface area contributed by atoms with Gasteiger partial charge in [0.1, 0.15) is 11.5 Å². The second kappa shape index (κ2) is 14.5. The Labute approximate surface area is 255 Å². The van der Waals surface area contributed by atoms with Crippen LogP contribution in [0.4, 0.5) is 11.4 Å². The van der Waals surface area contributed by atoms with Gasteiger partial charge in [-0.05, 0) is 88.7 Å². The van der Waals surface area contributed by atoms with Crippen molar-refractivity contribution in [3.05, 3.63) is 46.5 Å². The molecule has 1 aliphatic carbocycles. The van der Waals surface area contributed by atoms with Crippen LogP contribution in [-0.4, -0.2) is 70.9 Å². The molecule has 1 aliphatic rings. The van der Waals surface area contributed by atoms with Gasteiger partial charge in [0, 0.05) is 24.5 Å². The van der Waals surface area contributed by atoms with E-state index in [4.69, 9.17) is 34.4 Å². The van der Waals surface area contributed by atoms with E-state index >= 15 is 0 Å². The van der Waals surface area contributed by atoms with Crippen molar-refractivity contribution in [1.29, 1.82) is 0 Å². The molecule has 240 valence electrons. The van der Waals surface area contributed by atoms with E-state index in [0.717, 1.165) is 12.1 Å². The number of fused-ring (bicyclic) bond motifs is 2. The van der Waals surface area contributed by atoms with Gasteiger partial charge in [-0.25, -0.2) is 0 Å². The summed E-state index contributed by atoms with van der Waals surface area (Å²) in [5.74, 6) is -3.67. The van der Waals surface area contributed by atoms with Gasteiger partial charge in [-0.3, -0.25) is 19.2 Å². The first kappa shape index (κ1) is 34.3. The highest BCUT2D eigenvalue weighted by molar-refractivity contribution is 6.33. The minimum absolute atomic E-state index is 0.0462. The monoisotopic (exact) mass is 612 g/mol. The summed E-state index contributed by atoms with van der Waals surface area (Å²) in [7, 11) is 0. The lowest BCUT2D eigenvalue weighted by Gasteiger charge is -2.28. The van der Waals surface area contributed by atoms with Crippen LogP contribution in [0, 0.1) is 0 Å². The Morgan fingerprint density at radius 3 is 1.30 bits per heavy atom. The van der Waals surface area contributed by atoms with Crippen LogP contribution in [0.3, 0.4) is 0 Å². The van der Waals surface area contributed by atoms with Crippen molar-refractivity contribution in [3.8, 4) is 11.5 Å². The number of benzene rings is 2. The quantitative estimate of drug-likeness (QED) is 0.0676. The normalized spacial score (nSPS) is 15.1. The Morgan fingerprint density at radius 1 is 0.614 bits per heavy atom. The first-order valence-corrected chi connectivity index (χ1v) is 14.7. The number of amides is 2. The minimum Gasteiger partial charge on any atom is -0.507 e. The summed E-state index contributed by atoms with van der Waals surface area (Å²) in [6, 6.07) is 5.40. The average molecular weight is 613 g/mol. The Balaban J connectivity index is 1.95. The summed E-state index contributed by atoms with van der Waals surface area (Å²) in [6.07, 6.45) is 3.44. The van der Waals surface area contributed by atoms with Gasteiger partial charge in [0.2, 0.25) is 23.4 Å². The molecule has 44 heavy (non-hydrogen) atoms. The molecule has 0 radical (unpaired) electrons. The number of carbonyl (C=O) groups excluding carboxylic acids is 4. The fourth-order valence-electron chi connectivity index (χ4n) is 5.41. The molecule has 2 unspecified atom stereocenters. The average Bonchev–Trinajstić information content (AvgIpc) is 2.97. The van der Waals surface area contributed by atoms with Gasteiger partial charge in [0.25, 0.3) is 0 Å². The number of rotatable bonds is 18. The largest absolute Gasteiger partial charge is 0.507 e. The van der Waals surface area contributed by atoms with Gasteiger partial charge in [-0.15, -0.1) is 0 Å². The Bertz CT molecular complexity index is 1310. The van der Waals surface area contributed by atoms with E-state index in [9.17, 15) is 29.4 Å². The zero-order chi connectivity index (χ0) is 32.7. The lowest BCUT2D eigenvalue weighted by molar-refractivity contribution is -0.124. The summed E-state index contributed by atoms with van der Waals surface area (Å²) in [4.78, 5) is 52.0. The molecule has 0 saturated carbocycles. The molecular weight excluding hydrogens is 568 g/mol. The van der Waals surface area contributed by atoms with Crippen molar-refractivity contribution in [2.24, 2.45) is 34.4 Å². The third-order valence-electron chi connectivity index (χ3n) is 8.18. The second-order valence-electron chi connectivity index (χ2n) is 11.3. The maximum atomic E-state index is 13.8. The van der Waals surface area contributed by atoms with E-state index in [2.05, 4.69) is 10.6 Å². The van der Waals surface area contributed by atoms with Gasteiger partial charge in [-0.2, -0.15) is 0 Å². The zero-order valence-corrected chi connectivity index (χ0v) is 24.8. The molecule has 2 aromatic rings. The fraction of sp³-hybridized carbons (Fsp3) is 0.467. The zero-order valence-electron chi connectivity index (χ0n) is 24.8. The number of unbranched alkanes of at least 4 members (excludes halogenated alkanes) is 2. The molecular formula is C30H44N8O6. The molecule has 0 heterocycles. The van der Waals surface area contributed by atoms with E-state index in [1.165, 1.54) is 0 Å². The lowest BCUT2D eigenvalue weighted by atomic mass is 9.81. The van der Waals surface area contributed by atoms with Crippen molar-refractivity contribution in [2.45, 2.75) is 62.4 Å². The van der Waals surface area contributed by atoms with E-state index in [0.29, 0.717) is 51.6 Å². The van der Waals surface area contributed by atoms with Crippen molar-refractivity contribution in [1.82, 2.24) is 0 Å². The number of primary amides is 2. The summed E-state index contributed by atoms with van der Waals surface area (Å²) in [5.41, 5.74) is 32.0. The number of hydrogen-bond acceptors (Lipinski definition) is 12. The number of carbonyl (C=O) groups is 4. The molecule has 0 saturated heterocycles. The number of phenolic OH excluding ortho intramolecular Hbond substituents is 2. The highest BCUT2D eigenvalue weighted by Gasteiger charge is 2.39. The molecule has 0 aliphatic heterocycles. The first-order valence-electron chi connectivity index (χ1n) is 14.7. The van der Waals surface area contributed by atoms with Crippen LogP contribution < -0.4 is 45.0 Å². The number of nitrogens with two attached hydrogens (primary N) is 6. The summed E-state index contributed by atoms with van der Waals surface area (Å²) in [5, 5.41) is 27.2. The molecule has 0 bridgehead atoms. The molecule has 0 aromatic heterocycles. The van der Waals surface area contributed by atoms with Crippen molar-refractivity contribution in [3.63, 3.8) is 0 Å². The Morgan fingerprint density at radius 2 is 0.977 bits per heavy atom. The topological polar surface area (TPSA) is 289 Å². The SMILES string of the molecule is NCCCCC(N)(CCNc1ccc(NCCC(N)(CCCCN)C(N)=O)c2c1C(=O)c1c(O)ccc(O)c1C2=O)C(N)=O. The molecule has 14 heteroatoms. The molecule has 2 aromatic carbocycles. The summed E-state index contributed by atoms with van der Waals surface area (Å²) in [6.45, 7) is 1.14. The number of anilines is 2. The minimum atomic E-state index is -1.32. The number of aromatic hydroxyl groups is 2. The highest BCUT2D eigenvalue weighted by atomic mass is 16.3. The van der Waals surface area contributed by atoms with Gasteiger partial charge < -0.3 is 55.2 Å². The highest BCUT2D eigenvalue weighted by Crippen LogP contribution is 2.42. The van der Waals surface area contributed by atoms with Crippen molar-refractivity contribution in [2.75, 3.05) is 36.8 Å². The third-order valence-corrected chi connectivity index (χ3v) is 8.18. The first-order chi connectivity index (χ1) is 20.8. The Hall–Kier alpha value is -4.24. The molecule has 0 fully saturated rings. The predicted molar refractivity (Wildman–Crippen MR) is 167 cm³/mol. The van der Waals surface area contributed by atoms with Crippen LogP contribution >= 0.6 is 0 Å². The number of phenols is 2. The van der Waals surface area contributed by atoms with E-state index in [-0.39, 0.29) is 59.6 Å². The van der Waals surface area contributed by atoms with Gasteiger partial charge in [0.05, 0.1) is 33.3 Å². The van der Waals surface area contributed by atoms with E-state index in [1.807, 2.05) is 0 Å². The van der Waals surface area contributed by atoms with Crippen LogP contribution in [0.2, 0.25) is 0 Å². The van der Waals surface area contributed by atoms with Crippen LogP contribution in [0.1, 0.15) is 83.2 Å². The fourth-order valence-corrected chi connectivity index (χ4v) is 5.41. The van der Waals surface area contributed by atoms with E-state index < -0.39 is 46.0 Å². The Kier molecular flexibility index (Phi) is 11.3. The van der Waals surface area contributed by atoms with Crippen LogP contribution in [0.15, 0.2) is 24.3 Å². The lowest BCUT2D eigenvalue weighted by Crippen LogP contribution is -2.53. The van der Waals surface area contributed by atoms with Crippen LogP contribution in [0.25, 0.3) is 0 Å². The maximum Gasteiger partial charge on any atom is 0.237 e. The maximum absolute atomic E-state index is 13.8. The molecule has 2 amide bonds. The van der Waals surface area contributed by atoms with E-state index in [1.54, 1.807) is 12.1 Å². The smallest absolute Gasteiger partial charge is 0.237 e. The van der Waals surface area contributed by atoms with Gasteiger partial charge >= 0.3 is 0 Å². The van der Waals surface area contributed by atoms with Crippen molar-refractivity contribution < 1.29 is 29.4 Å². The summed E-state index contributed by atoms with van der Waals surface area (Å²) < 4.78 is 0. The van der Waals surface area contributed by atoms with Gasteiger partial charge in [0.15, 0.2) is 0 Å². The third kappa shape index (κ3) is 7.27. The summed E-state index contributed by atoms with van der Waals surface area (Å²) >= 11 is 0.